The molecule has 2 aromatic heterocycles. The van der Waals surface area contributed by atoms with E-state index in [9.17, 15) is 33.6 Å². The Bertz CT molecular complexity index is 2300. The Labute approximate surface area is 360 Å². The number of hydrogen-bond donors (Lipinski definition) is 10. The summed E-state index contributed by atoms with van der Waals surface area (Å²) in [6.07, 6.45) is 7.01. The molecular formula is C43H60N12O7. The standard InChI is InChI=1S/C43H60N12O7/c1-25-15-32(57)51-34(46-25)54-36(59)44-23-42(7)19-29(17-40(3,4)21-42)49-38(61)48-28-12-9-27(10-13-28)11-14-31(56)53-39(62)50-30-18-41(5,6)22-43(8,20-30)24-45-37(60)55-35-47-26(2)16-33(58)52-35/h9-16,29-30H,17-24H2,1-8H3,(H2,48,49,61)(H2,50,53,56,62)(H3,44,46,51,54,57,59)(H3,45,47,52,55,58,60)/b14-11+. The number of imide groups is 1. The average Bonchev–Trinajstić information content (AvgIpc) is 3.10. The van der Waals surface area contributed by atoms with E-state index >= 15 is 0 Å². The first-order valence-electron chi connectivity index (χ1n) is 20.7. The van der Waals surface area contributed by atoms with Crippen LogP contribution in [0.15, 0.2) is 52.1 Å². The molecule has 19 nitrogen and oxygen atoms in total. The molecule has 0 spiro atoms. The molecule has 2 aliphatic carbocycles. The summed E-state index contributed by atoms with van der Waals surface area (Å²) in [5.74, 6) is -0.501. The van der Waals surface area contributed by atoms with Gasteiger partial charge in [-0.1, -0.05) is 53.7 Å². The zero-order valence-electron chi connectivity index (χ0n) is 36.7. The highest BCUT2D eigenvalue weighted by Crippen LogP contribution is 2.47. The lowest BCUT2D eigenvalue weighted by Crippen LogP contribution is -2.53. The molecule has 2 heterocycles. The summed E-state index contributed by atoms with van der Waals surface area (Å²) in [6.45, 7) is 16.6. The number of aromatic nitrogens is 4. The number of nitrogens with one attached hydrogen (secondary N) is 10. The third-order valence-electron chi connectivity index (χ3n) is 11.0. The Kier molecular flexibility index (Phi) is 14.3. The van der Waals surface area contributed by atoms with Gasteiger partial charge in [-0.15, -0.1) is 0 Å². The van der Waals surface area contributed by atoms with Crippen molar-refractivity contribution in [3.05, 3.63) is 80.1 Å². The van der Waals surface area contributed by atoms with Gasteiger partial charge in [0.2, 0.25) is 11.9 Å². The van der Waals surface area contributed by atoms with Crippen LogP contribution in [0.5, 0.6) is 0 Å². The van der Waals surface area contributed by atoms with Crippen LogP contribution in [0.1, 0.15) is 97.0 Å². The van der Waals surface area contributed by atoms with Gasteiger partial charge < -0.3 is 36.6 Å². The molecule has 2 fully saturated rings. The maximum Gasteiger partial charge on any atom is 0.321 e. The van der Waals surface area contributed by atoms with Crippen LogP contribution in [0.4, 0.5) is 36.8 Å². The number of amides is 9. The first-order valence-corrected chi connectivity index (χ1v) is 20.7. The summed E-state index contributed by atoms with van der Waals surface area (Å²) in [5, 5.41) is 22.1. The molecule has 4 unspecified atom stereocenters. The summed E-state index contributed by atoms with van der Waals surface area (Å²) in [7, 11) is 0. The molecule has 5 rings (SSSR count). The molecule has 2 saturated carbocycles. The summed E-state index contributed by atoms with van der Waals surface area (Å²) >= 11 is 0. The first-order chi connectivity index (χ1) is 28.9. The number of urea groups is 4. The van der Waals surface area contributed by atoms with Crippen molar-refractivity contribution in [2.45, 2.75) is 106 Å². The Hall–Kier alpha value is -6.53. The number of carbonyl (C=O) groups excluding carboxylic acids is 5. The molecule has 0 radical (unpaired) electrons. The lowest BCUT2D eigenvalue weighted by molar-refractivity contribution is -0.115. The molecule has 4 atom stereocenters. The van der Waals surface area contributed by atoms with Crippen LogP contribution in [-0.2, 0) is 4.79 Å². The maximum atomic E-state index is 13.1. The summed E-state index contributed by atoms with van der Waals surface area (Å²) in [5.41, 5.74) is 0.429. The normalized spacial score (nSPS) is 22.7. The Morgan fingerprint density at radius 1 is 0.645 bits per heavy atom. The van der Waals surface area contributed by atoms with Crippen molar-refractivity contribution < 1.29 is 24.0 Å². The molecule has 334 valence electrons. The summed E-state index contributed by atoms with van der Waals surface area (Å²) < 4.78 is 0. The van der Waals surface area contributed by atoms with Gasteiger partial charge in [0.1, 0.15) is 0 Å². The number of carbonyl (C=O) groups is 5. The zero-order chi connectivity index (χ0) is 45.5. The van der Waals surface area contributed by atoms with Crippen molar-refractivity contribution in [1.82, 2.24) is 46.5 Å². The summed E-state index contributed by atoms with van der Waals surface area (Å²) in [6, 6.07) is 7.09. The minimum Gasteiger partial charge on any atom is -0.337 e. The minimum absolute atomic E-state index is 0.0467. The number of benzene rings is 1. The quantitative estimate of drug-likeness (QED) is 0.113. The van der Waals surface area contributed by atoms with E-state index in [1.165, 1.54) is 18.2 Å². The van der Waals surface area contributed by atoms with Crippen LogP contribution >= 0.6 is 0 Å². The largest absolute Gasteiger partial charge is 0.337 e. The van der Waals surface area contributed by atoms with E-state index in [1.54, 1.807) is 44.2 Å². The van der Waals surface area contributed by atoms with Gasteiger partial charge in [0.05, 0.1) is 0 Å². The molecular weight excluding hydrogens is 797 g/mol. The Balaban J connectivity index is 1.05. The van der Waals surface area contributed by atoms with Crippen LogP contribution in [0.2, 0.25) is 0 Å². The lowest BCUT2D eigenvalue weighted by Gasteiger charge is -2.46. The molecule has 19 heteroatoms. The van der Waals surface area contributed by atoms with Gasteiger partial charge in [-0.2, -0.15) is 9.97 Å². The smallest absolute Gasteiger partial charge is 0.321 e. The number of aromatic amines is 2. The van der Waals surface area contributed by atoms with Gasteiger partial charge in [-0.05, 0) is 97.8 Å². The Morgan fingerprint density at radius 2 is 1.10 bits per heavy atom. The van der Waals surface area contributed by atoms with Crippen molar-refractivity contribution in [2.75, 3.05) is 29.0 Å². The zero-order valence-corrected chi connectivity index (χ0v) is 36.7. The molecule has 2 aliphatic rings. The molecule has 10 N–H and O–H groups in total. The summed E-state index contributed by atoms with van der Waals surface area (Å²) in [4.78, 5) is 101. The second-order valence-electron chi connectivity index (χ2n) is 19.1. The van der Waals surface area contributed by atoms with Crippen LogP contribution in [0, 0.1) is 35.5 Å². The third-order valence-corrected chi connectivity index (χ3v) is 11.0. The molecule has 3 aromatic rings. The van der Waals surface area contributed by atoms with Gasteiger partial charge in [-0.3, -0.25) is 30.3 Å². The highest BCUT2D eigenvalue weighted by atomic mass is 16.2. The van der Waals surface area contributed by atoms with Crippen molar-refractivity contribution in [1.29, 1.82) is 0 Å². The Morgan fingerprint density at radius 3 is 1.55 bits per heavy atom. The van der Waals surface area contributed by atoms with Crippen molar-refractivity contribution >= 4 is 53.7 Å². The van der Waals surface area contributed by atoms with Crippen molar-refractivity contribution in [3.8, 4) is 0 Å². The average molecular weight is 857 g/mol. The van der Waals surface area contributed by atoms with Gasteiger partial charge in [0.15, 0.2) is 0 Å². The molecule has 0 aliphatic heterocycles. The number of hydrogen-bond acceptors (Lipinski definition) is 9. The van der Waals surface area contributed by atoms with Gasteiger partial charge in [0.25, 0.3) is 17.0 Å². The number of anilines is 3. The highest BCUT2D eigenvalue weighted by molar-refractivity contribution is 6.02. The highest BCUT2D eigenvalue weighted by Gasteiger charge is 2.43. The van der Waals surface area contributed by atoms with E-state index in [2.05, 4.69) is 97.1 Å². The fraction of sp³-hybridized carbons (Fsp3) is 0.512. The molecule has 0 bridgehead atoms. The lowest BCUT2D eigenvalue weighted by atomic mass is 9.62. The molecule has 0 saturated heterocycles. The van der Waals surface area contributed by atoms with Crippen LogP contribution in [0.25, 0.3) is 6.08 Å². The van der Waals surface area contributed by atoms with E-state index in [0.29, 0.717) is 55.0 Å². The van der Waals surface area contributed by atoms with Gasteiger partial charge in [0, 0.05) is 60.5 Å². The number of nitrogens with zero attached hydrogens (tertiary/aromatic N) is 2. The maximum absolute atomic E-state index is 13.1. The van der Waals surface area contributed by atoms with Crippen LogP contribution < -0.4 is 53.7 Å². The van der Waals surface area contributed by atoms with E-state index in [0.717, 1.165) is 19.3 Å². The van der Waals surface area contributed by atoms with Crippen molar-refractivity contribution in [2.24, 2.45) is 21.7 Å². The predicted molar refractivity (Wildman–Crippen MR) is 237 cm³/mol. The molecule has 9 amide bonds. The fourth-order valence-corrected chi connectivity index (χ4v) is 9.48. The van der Waals surface area contributed by atoms with E-state index < -0.39 is 35.1 Å². The minimum atomic E-state index is -0.631. The fourth-order valence-electron chi connectivity index (χ4n) is 9.48. The second-order valence-corrected chi connectivity index (χ2v) is 19.1. The SMILES string of the molecule is Cc1cc(=O)nc(NC(=O)NCC2(C)CC(NC(=O)NC(=O)/C=C/c3ccc(NC(=O)NC4CC(C)(C)CC(C)(CNC(=O)Nc5nc(=O)cc(C)[nH]5)C4)cc3)CC(C)(C)C2)[nH]1. The number of rotatable bonds is 11. The number of aryl methyl sites for hydroxylation is 2. The van der Waals surface area contributed by atoms with Crippen molar-refractivity contribution in [3.63, 3.8) is 0 Å². The van der Waals surface area contributed by atoms with E-state index in [-0.39, 0.29) is 51.7 Å². The predicted octanol–water partition coefficient (Wildman–Crippen LogP) is 5.24. The van der Waals surface area contributed by atoms with Crippen LogP contribution in [0.3, 0.4) is 0 Å². The van der Waals surface area contributed by atoms with Crippen LogP contribution in [-0.4, -0.2) is 75.1 Å². The number of H-pyrrole nitrogens is 2. The van der Waals surface area contributed by atoms with Gasteiger partial charge >= 0.3 is 24.1 Å². The van der Waals surface area contributed by atoms with E-state index in [4.69, 9.17) is 0 Å². The third kappa shape index (κ3) is 14.6. The topological polar surface area (TPSA) is 273 Å². The monoisotopic (exact) mass is 856 g/mol. The molecule has 1 aromatic carbocycles. The first kappa shape index (κ1) is 46.5. The van der Waals surface area contributed by atoms with E-state index in [1.807, 2.05) is 6.92 Å². The second kappa shape index (κ2) is 19.0. The van der Waals surface area contributed by atoms with Gasteiger partial charge in [-0.25, -0.2) is 19.2 Å². The molecule has 62 heavy (non-hydrogen) atoms.